The lowest BCUT2D eigenvalue weighted by molar-refractivity contribution is -0.110. The molecular formula is C23H28N2O3. The summed E-state index contributed by atoms with van der Waals surface area (Å²) in [6, 6.07) is 13.6. The Morgan fingerprint density at radius 3 is 2.79 bits per heavy atom. The molecule has 1 saturated carbocycles. The van der Waals surface area contributed by atoms with Gasteiger partial charge >= 0.3 is 0 Å². The molecule has 1 N–H and O–H groups in total. The molecule has 2 fully saturated rings. The van der Waals surface area contributed by atoms with Crippen LogP contribution in [0, 0.1) is 5.92 Å². The molecule has 5 nitrogen and oxygen atoms in total. The molecule has 1 aliphatic heterocycles. The Labute approximate surface area is 166 Å². The lowest BCUT2D eigenvalue weighted by Gasteiger charge is -2.52. The molecule has 1 aliphatic carbocycles. The average Bonchev–Trinajstić information content (AvgIpc) is 2.75. The largest absolute Gasteiger partial charge is 0.477 e. The lowest BCUT2D eigenvalue weighted by atomic mass is 9.66. The minimum Gasteiger partial charge on any atom is -0.477 e. The van der Waals surface area contributed by atoms with Crippen molar-refractivity contribution in [2.24, 2.45) is 5.92 Å². The summed E-state index contributed by atoms with van der Waals surface area (Å²) in [5, 5.41) is 11.7. The number of hydrogen-bond donors (Lipinski definition) is 1. The zero-order chi connectivity index (χ0) is 19.6. The predicted octanol–water partition coefficient (Wildman–Crippen LogP) is 3.77. The van der Waals surface area contributed by atoms with E-state index in [0.717, 1.165) is 31.2 Å². The SMILES string of the molecule is CCOc1ncccc1C(=O)N1CCC(O)(c2ccccc2)C2CCCCC21. The summed E-state index contributed by atoms with van der Waals surface area (Å²) >= 11 is 0. The van der Waals surface area contributed by atoms with Gasteiger partial charge in [-0.2, -0.15) is 0 Å². The molecule has 5 heteroatoms. The van der Waals surface area contributed by atoms with Crippen LogP contribution in [0.3, 0.4) is 0 Å². The Hall–Kier alpha value is -2.40. The Morgan fingerprint density at radius 1 is 1.21 bits per heavy atom. The van der Waals surface area contributed by atoms with Crippen LogP contribution in [-0.2, 0) is 5.60 Å². The van der Waals surface area contributed by atoms with Crippen molar-refractivity contribution in [1.29, 1.82) is 0 Å². The fourth-order valence-electron chi connectivity index (χ4n) is 4.98. The van der Waals surface area contributed by atoms with Crippen molar-refractivity contribution in [2.45, 2.75) is 50.7 Å². The smallest absolute Gasteiger partial charge is 0.259 e. The third-order valence-corrected chi connectivity index (χ3v) is 6.29. The molecule has 3 unspecified atom stereocenters. The number of likely N-dealkylation sites (tertiary alicyclic amines) is 1. The van der Waals surface area contributed by atoms with Crippen LogP contribution in [0.25, 0.3) is 0 Å². The zero-order valence-electron chi connectivity index (χ0n) is 16.4. The Morgan fingerprint density at radius 2 is 2.00 bits per heavy atom. The maximum atomic E-state index is 13.4. The van der Waals surface area contributed by atoms with Gasteiger partial charge in [-0.25, -0.2) is 4.98 Å². The third-order valence-electron chi connectivity index (χ3n) is 6.29. The second-order valence-corrected chi connectivity index (χ2v) is 7.79. The molecule has 28 heavy (non-hydrogen) atoms. The highest BCUT2D eigenvalue weighted by Crippen LogP contribution is 2.47. The molecule has 1 saturated heterocycles. The van der Waals surface area contributed by atoms with E-state index in [9.17, 15) is 9.90 Å². The maximum Gasteiger partial charge on any atom is 0.259 e. The van der Waals surface area contributed by atoms with Crippen LogP contribution in [0.1, 0.15) is 54.9 Å². The number of nitrogens with zero attached hydrogens (tertiary/aromatic N) is 2. The summed E-state index contributed by atoms with van der Waals surface area (Å²) in [5.74, 6) is 0.406. The van der Waals surface area contributed by atoms with Crippen LogP contribution in [0.2, 0.25) is 0 Å². The van der Waals surface area contributed by atoms with Crippen molar-refractivity contribution in [3.63, 3.8) is 0 Å². The quantitative estimate of drug-likeness (QED) is 0.877. The number of hydrogen-bond acceptors (Lipinski definition) is 4. The minimum absolute atomic E-state index is 0.0369. The van der Waals surface area contributed by atoms with Crippen molar-refractivity contribution in [2.75, 3.05) is 13.2 Å². The monoisotopic (exact) mass is 380 g/mol. The standard InChI is InChI=1S/C23H28N2O3/c1-2-28-21-18(11-8-15-24-21)22(26)25-16-14-23(27,17-9-4-3-5-10-17)19-12-6-7-13-20(19)25/h3-5,8-11,15,19-20,27H,2,6-7,12-14,16H2,1H3. The summed E-state index contributed by atoms with van der Waals surface area (Å²) in [6.45, 7) is 2.89. The number of carbonyl (C=O) groups excluding carboxylic acids is 1. The predicted molar refractivity (Wildman–Crippen MR) is 107 cm³/mol. The average molecular weight is 380 g/mol. The molecule has 148 valence electrons. The molecule has 3 atom stereocenters. The molecule has 4 rings (SSSR count). The minimum atomic E-state index is -0.874. The molecular weight excluding hydrogens is 352 g/mol. The first-order valence-corrected chi connectivity index (χ1v) is 10.3. The van der Waals surface area contributed by atoms with Crippen molar-refractivity contribution < 1.29 is 14.6 Å². The second kappa shape index (κ2) is 7.92. The summed E-state index contributed by atoms with van der Waals surface area (Å²) in [6.07, 6.45) is 6.24. The molecule has 2 aliphatic rings. The van der Waals surface area contributed by atoms with Crippen molar-refractivity contribution >= 4 is 5.91 Å². The maximum absolute atomic E-state index is 13.4. The molecule has 0 bridgehead atoms. The van der Waals surface area contributed by atoms with E-state index in [0.29, 0.717) is 31.0 Å². The van der Waals surface area contributed by atoms with Gasteiger partial charge in [-0.05, 0) is 43.9 Å². The van der Waals surface area contributed by atoms with E-state index >= 15 is 0 Å². The number of carbonyl (C=O) groups is 1. The number of aliphatic hydroxyl groups is 1. The van der Waals surface area contributed by atoms with E-state index in [1.807, 2.05) is 42.2 Å². The summed E-state index contributed by atoms with van der Waals surface area (Å²) < 4.78 is 5.59. The molecule has 1 aromatic heterocycles. The Bertz CT molecular complexity index is 826. The van der Waals surface area contributed by atoms with Crippen LogP contribution in [-0.4, -0.2) is 40.1 Å². The third kappa shape index (κ3) is 3.28. The summed E-state index contributed by atoms with van der Waals surface area (Å²) in [5.41, 5.74) is 0.607. The van der Waals surface area contributed by atoms with Gasteiger partial charge in [-0.1, -0.05) is 43.2 Å². The van der Waals surface area contributed by atoms with Gasteiger partial charge in [-0.3, -0.25) is 4.79 Å². The fraction of sp³-hybridized carbons (Fsp3) is 0.478. The number of rotatable bonds is 4. The van der Waals surface area contributed by atoms with Gasteiger partial charge in [0.05, 0.1) is 12.2 Å². The van der Waals surface area contributed by atoms with E-state index in [-0.39, 0.29) is 17.9 Å². The highest BCUT2D eigenvalue weighted by molar-refractivity contribution is 5.96. The molecule has 2 heterocycles. The van der Waals surface area contributed by atoms with E-state index in [4.69, 9.17) is 4.74 Å². The van der Waals surface area contributed by atoms with Gasteiger partial charge in [0.25, 0.3) is 5.91 Å². The van der Waals surface area contributed by atoms with Gasteiger partial charge in [0.1, 0.15) is 5.56 Å². The molecule has 0 radical (unpaired) electrons. The second-order valence-electron chi connectivity index (χ2n) is 7.79. The van der Waals surface area contributed by atoms with Crippen LogP contribution in [0.4, 0.5) is 0 Å². The lowest BCUT2D eigenvalue weighted by Crippen LogP contribution is -2.59. The first kappa shape index (κ1) is 18.9. The molecule has 2 aromatic rings. The number of benzene rings is 1. The number of amides is 1. The molecule has 1 aromatic carbocycles. The van der Waals surface area contributed by atoms with Crippen LogP contribution in [0.15, 0.2) is 48.7 Å². The highest BCUT2D eigenvalue weighted by Gasteiger charge is 2.50. The van der Waals surface area contributed by atoms with E-state index in [2.05, 4.69) is 4.98 Å². The van der Waals surface area contributed by atoms with Gasteiger partial charge in [0.2, 0.25) is 5.88 Å². The van der Waals surface area contributed by atoms with Crippen LogP contribution in [0.5, 0.6) is 5.88 Å². The number of fused-ring (bicyclic) bond motifs is 1. The number of ether oxygens (including phenoxy) is 1. The number of aromatic nitrogens is 1. The van der Waals surface area contributed by atoms with Gasteiger partial charge in [0.15, 0.2) is 0 Å². The van der Waals surface area contributed by atoms with Crippen molar-refractivity contribution in [1.82, 2.24) is 9.88 Å². The number of pyridine rings is 1. The van der Waals surface area contributed by atoms with Crippen LogP contribution < -0.4 is 4.74 Å². The van der Waals surface area contributed by atoms with Gasteiger partial charge in [-0.15, -0.1) is 0 Å². The van der Waals surface area contributed by atoms with Gasteiger partial charge < -0.3 is 14.7 Å². The Balaban J connectivity index is 1.65. The first-order chi connectivity index (χ1) is 13.6. The normalized spacial score (nSPS) is 27.1. The Kier molecular flexibility index (Phi) is 5.36. The van der Waals surface area contributed by atoms with Gasteiger partial charge in [0, 0.05) is 24.7 Å². The van der Waals surface area contributed by atoms with E-state index in [1.54, 1.807) is 18.3 Å². The number of piperidine rings is 1. The van der Waals surface area contributed by atoms with E-state index < -0.39 is 5.60 Å². The summed E-state index contributed by atoms with van der Waals surface area (Å²) in [4.78, 5) is 19.6. The summed E-state index contributed by atoms with van der Waals surface area (Å²) in [7, 11) is 0. The molecule has 1 amide bonds. The van der Waals surface area contributed by atoms with Crippen molar-refractivity contribution in [3.8, 4) is 5.88 Å². The van der Waals surface area contributed by atoms with E-state index in [1.165, 1.54) is 0 Å². The highest BCUT2D eigenvalue weighted by atomic mass is 16.5. The topological polar surface area (TPSA) is 62.7 Å². The van der Waals surface area contributed by atoms with Crippen LogP contribution >= 0.6 is 0 Å². The first-order valence-electron chi connectivity index (χ1n) is 10.3. The fourth-order valence-corrected chi connectivity index (χ4v) is 4.98. The zero-order valence-corrected chi connectivity index (χ0v) is 16.4. The van der Waals surface area contributed by atoms with Crippen molar-refractivity contribution in [3.05, 3.63) is 59.8 Å². The molecule has 0 spiro atoms.